The molecule has 0 heterocycles. The normalized spacial score (nSPS) is 15.1. The Kier molecular flexibility index (Phi) is 6.99. The summed E-state index contributed by atoms with van der Waals surface area (Å²) in [5.41, 5.74) is 1.43. The highest BCUT2D eigenvalue weighted by atomic mass is 32.2. The smallest absolute Gasteiger partial charge is 0.251 e. The predicted molar refractivity (Wildman–Crippen MR) is 97.0 cm³/mol. The maximum absolute atomic E-state index is 12.1. The molecule has 0 aliphatic heterocycles. The standard InChI is InChI=1S/C18H26N2O4S/c1-2-19-18(22)15-9-7-14(8-10-15)13-20-17(21)11-12-25(23,24)16-5-3-4-6-16/h7-10,16H,2-6,11-13H2,1H3,(H,19,22)(H,20,21). The number of carbonyl (C=O) groups excluding carboxylic acids is 2. The van der Waals surface area contributed by atoms with Gasteiger partial charge in [0.1, 0.15) is 0 Å². The van der Waals surface area contributed by atoms with Crippen molar-refractivity contribution in [2.24, 2.45) is 0 Å². The van der Waals surface area contributed by atoms with E-state index in [1.807, 2.05) is 6.92 Å². The fourth-order valence-electron chi connectivity index (χ4n) is 2.97. The summed E-state index contributed by atoms with van der Waals surface area (Å²) < 4.78 is 24.3. The number of rotatable bonds is 8. The molecular weight excluding hydrogens is 340 g/mol. The highest BCUT2D eigenvalue weighted by molar-refractivity contribution is 7.92. The Morgan fingerprint density at radius 3 is 2.32 bits per heavy atom. The van der Waals surface area contributed by atoms with Crippen molar-refractivity contribution in [2.75, 3.05) is 12.3 Å². The fraction of sp³-hybridized carbons (Fsp3) is 0.556. The monoisotopic (exact) mass is 366 g/mol. The highest BCUT2D eigenvalue weighted by Gasteiger charge is 2.28. The fourth-order valence-corrected chi connectivity index (χ4v) is 4.83. The molecule has 1 aromatic rings. The van der Waals surface area contributed by atoms with E-state index in [0.717, 1.165) is 31.2 Å². The molecule has 1 fully saturated rings. The zero-order valence-corrected chi connectivity index (χ0v) is 15.4. The van der Waals surface area contributed by atoms with Crippen LogP contribution in [0.5, 0.6) is 0 Å². The first-order valence-corrected chi connectivity index (χ1v) is 10.5. The number of sulfone groups is 1. The van der Waals surface area contributed by atoms with E-state index in [-0.39, 0.29) is 29.2 Å². The van der Waals surface area contributed by atoms with E-state index in [1.165, 1.54) is 0 Å². The summed E-state index contributed by atoms with van der Waals surface area (Å²) in [6.07, 6.45) is 3.37. The highest BCUT2D eigenvalue weighted by Crippen LogP contribution is 2.25. The Morgan fingerprint density at radius 2 is 1.72 bits per heavy atom. The molecule has 1 aliphatic rings. The SMILES string of the molecule is CCNC(=O)c1ccc(CNC(=O)CCS(=O)(=O)C2CCCC2)cc1. The van der Waals surface area contributed by atoms with Gasteiger partial charge in [0.25, 0.3) is 5.91 Å². The van der Waals surface area contributed by atoms with Crippen LogP contribution in [0.2, 0.25) is 0 Å². The number of hydrogen-bond acceptors (Lipinski definition) is 4. The lowest BCUT2D eigenvalue weighted by atomic mass is 10.1. The van der Waals surface area contributed by atoms with Gasteiger partial charge in [-0.05, 0) is 37.5 Å². The molecule has 1 aliphatic carbocycles. The molecule has 138 valence electrons. The van der Waals surface area contributed by atoms with Crippen LogP contribution in [0.15, 0.2) is 24.3 Å². The van der Waals surface area contributed by atoms with Crippen LogP contribution in [-0.4, -0.2) is 37.8 Å². The molecule has 1 aromatic carbocycles. The van der Waals surface area contributed by atoms with E-state index in [0.29, 0.717) is 18.7 Å². The molecule has 0 radical (unpaired) electrons. The average Bonchev–Trinajstić information content (AvgIpc) is 3.14. The maximum Gasteiger partial charge on any atom is 0.251 e. The van der Waals surface area contributed by atoms with Gasteiger partial charge in [-0.25, -0.2) is 8.42 Å². The molecule has 2 amide bonds. The first kappa shape index (κ1) is 19.4. The maximum atomic E-state index is 12.1. The molecular formula is C18H26N2O4S. The van der Waals surface area contributed by atoms with Gasteiger partial charge >= 0.3 is 0 Å². The Morgan fingerprint density at radius 1 is 1.08 bits per heavy atom. The molecule has 0 spiro atoms. The van der Waals surface area contributed by atoms with Crippen molar-refractivity contribution in [1.29, 1.82) is 0 Å². The molecule has 0 saturated heterocycles. The van der Waals surface area contributed by atoms with Gasteiger partial charge in [0.15, 0.2) is 9.84 Å². The number of carbonyl (C=O) groups is 2. The van der Waals surface area contributed by atoms with E-state index < -0.39 is 9.84 Å². The third-order valence-corrected chi connectivity index (χ3v) is 6.73. The van der Waals surface area contributed by atoms with Crippen molar-refractivity contribution in [2.45, 2.75) is 50.8 Å². The van der Waals surface area contributed by atoms with Crippen molar-refractivity contribution in [3.8, 4) is 0 Å². The van der Waals surface area contributed by atoms with Crippen LogP contribution in [0.1, 0.15) is 54.9 Å². The van der Waals surface area contributed by atoms with E-state index >= 15 is 0 Å². The Labute approximate surface area is 149 Å². The average molecular weight is 366 g/mol. The van der Waals surface area contributed by atoms with Gasteiger partial charge in [-0.2, -0.15) is 0 Å². The molecule has 1 saturated carbocycles. The van der Waals surface area contributed by atoms with Gasteiger partial charge in [-0.1, -0.05) is 25.0 Å². The molecule has 0 aromatic heterocycles. The summed E-state index contributed by atoms with van der Waals surface area (Å²) in [5.74, 6) is -0.482. The lowest BCUT2D eigenvalue weighted by Crippen LogP contribution is -2.28. The van der Waals surface area contributed by atoms with E-state index in [2.05, 4.69) is 10.6 Å². The van der Waals surface area contributed by atoms with Crippen molar-refractivity contribution in [1.82, 2.24) is 10.6 Å². The van der Waals surface area contributed by atoms with Gasteiger partial charge in [0, 0.05) is 25.1 Å². The minimum atomic E-state index is -3.16. The van der Waals surface area contributed by atoms with Crippen LogP contribution >= 0.6 is 0 Å². The number of nitrogens with one attached hydrogen (secondary N) is 2. The summed E-state index contributed by atoms with van der Waals surface area (Å²) >= 11 is 0. The van der Waals surface area contributed by atoms with Crippen molar-refractivity contribution >= 4 is 21.7 Å². The summed E-state index contributed by atoms with van der Waals surface area (Å²) in [5, 5.41) is 5.19. The molecule has 2 rings (SSSR count). The summed E-state index contributed by atoms with van der Waals surface area (Å²) in [4.78, 5) is 23.6. The predicted octanol–water partition coefficient (Wildman–Crippen LogP) is 1.80. The molecule has 25 heavy (non-hydrogen) atoms. The lowest BCUT2D eigenvalue weighted by Gasteiger charge is -2.11. The van der Waals surface area contributed by atoms with Gasteiger partial charge in [-0.3, -0.25) is 9.59 Å². The second kappa shape index (κ2) is 8.99. The molecule has 0 atom stereocenters. The number of amides is 2. The van der Waals surface area contributed by atoms with Crippen molar-refractivity contribution in [3.05, 3.63) is 35.4 Å². The molecule has 7 heteroatoms. The zero-order valence-electron chi connectivity index (χ0n) is 14.6. The summed E-state index contributed by atoms with van der Waals surface area (Å²) in [7, 11) is -3.16. The van der Waals surface area contributed by atoms with Crippen LogP contribution in [0.25, 0.3) is 0 Å². The van der Waals surface area contributed by atoms with E-state index in [4.69, 9.17) is 0 Å². The quantitative estimate of drug-likeness (QED) is 0.734. The largest absolute Gasteiger partial charge is 0.352 e. The third kappa shape index (κ3) is 5.85. The molecule has 0 unspecified atom stereocenters. The summed E-state index contributed by atoms with van der Waals surface area (Å²) in [6.45, 7) is 2.74. The van der Waals surface area contributed by atoms with Crippen molar-refractivity contribution < 1.29 is 18.0 Å². The molecule has 6 nitrogen and oxygen atoms in total. The zero-order chi connectivity index (χ0) is 18.3. The minimum absolute atomic E-state index is 0.00414. The lowest BCUT2D eigenvalue weighted by molar-refractivity contribution is -0.120. The topological polar surface area (TPSA) is 92.3 Å². The van der Waals surface area contributed by atoms with Crippen LogP contribution in [-0.2, 0) is 21.2 Å². The van der Waals surface area contributed by atoms with Crippen LogP contribution in [0.4, 0.5) is 0 Å². The van der Waals surface area contributed by atoms with Gasteiger partial charge < -0.3 is 10.6 Å². The Balaban J connectivity index is 1.77. The van der Waals surface area contributed by atoms with Gasteiger partial charge in [0.05, 0.1) is 11.0 Å². The number of hydrogen-bond donors (Lipinski definition) is 2. The minimum Gasteiger partial charge on any atom is -0.352 e. The van der Waals surface area contributed by atoms with Crippen molar-refractivity contribution in [3.63, 3.8) is 0 Å². The van der Waals surface area contributed by atoms with E-state index in [1.54, 1.807) is 24.3 Å². The first-order valence-electron chi connectivity index (χ1n) is 8.78. The second-order valence-corrected chi connectivity index (χ2v) is 8.76. The molecule has 2 N–H and O–H groups in total. The Bertz CT molecular complexity index is 692. The van der Waals surface area contributed by atoms with Gasteiger partial charge in [0.2, 0.25) is 5.91 Å². The van der Waals surface area contributed by atoms with Gasteiger partial charge in [-0.15, -0.1) is 0 Å². The molecule has 0 bridgehead atoms. The number of benzene rings is 1. The second-order valence-electron chi connectivity index (χ2n) is 6.36. The van der Waals surface area contributed by atoms with E-state index in [9.17, 15) is 18.0 Å². The Hall–Kier alpha value is -1.89. The van der Waals surface area contributed by atoms with Crippen LogP contribution in [0, 0.1) is 0 Å². The first-order chi connectivity index (χ1) is 11.9. The van der Waals surface area contributed by atoms with Crippen LogP contribution < -0.4 is 10.6 Å². The van der Waals surface area contributed by atoms with Crippen LogP contribution in [0.3, 0.4) is 0 Å². The third-order valence-electron chi connectivity index (χ3n) is 4.47. The summed E-state index contributed by atoms with van der Waals surface area (Å²) in [6, 6.07) is 6.97.